The average Bonchev–Trinajstić information content (AvgIpc) is 3.09. The molecule has 0 fully saturated rings. The van der Waals surface area contributed by atoms with E-state index in [1.54, 1.807) is 0 Å². The van der Waals surface area contributed by atoms with Crippen molar-refractivity contribution in [2.75, 3.05) is 13.1 Å². The molecule has 0 aliphatic carbocycles. The normalized spacial score (nSPS) is 13.3. The Labute approximate surface area is 159 Å². The number of aryl methyl sites for hydroxylation is 1. The van der Waals surface area contributed by atoms with Gasteiger partial charge in [0.2, 0.25) is 0 Å². The van der Waals surface area contributed by atoms with E-state index < -0.39 is 10.4 Å². The Morgan fingerprint density at radius 1 is 1.19 bits per heavy atom. The van der Waals surface area contributed by atoms with Gasteiger partial charge >= 0.3 is 10.4 Å². The van der Waals surface area contributed by atoms with Crippen LogP contribution in [0.1, 0.15) is 27.0 Å². The first-order chi connectivity index (χ1) is 12.2. The molecule has 0 bridgehead atoms. The number of hydrogen-bond donors (Lipinski definition) is 3. The third kappa shape index (κ3) is 5.73. The van der Waals surface area contributed by atoms with E-state index in [0.717, 1.165) is 34.5 Å². The highest BCUT2D eigenvalue weighted by atomic mass is 79.9. The van der Waals surface area contributed by atoms with Gasteiger partial charge in [-0.1, -0.05) is 52.3 Å². The van der Waals surface area contributed by atoms with Crippen LogP contribution in [0.2, 0.25) is 0 Å². The fraction of sp³-hybridized carbons (Fsp3) is 0.176. The van der Waals surface area contributed by atoms with Gasteiger partial charge in [-0.25, -0.2) is 0 Å². The van der Waals surface area contributed by atoms with Gasteiger partial charge in [0.15, 0.2) is 5.78 Å². The molecular weight excluding hydrogens is 424 g/mol. The molecule has 0 radical (unpaired) electrons. The smallest absolute Gasteiger partial charge is 0.368 e. The van der Waals surface area contributed by atoms with Crippen molar-refractivity contribution in [3.8, 4) is 0 Å². The molecule has 2 aromatic rings. The quantitative estimate of drug-likeness (QED) is 0.498. The monoisotopic (exact) mass is 440 g/mol. The molecule has 0 atom stereocenters. The highest BCUT2D eigenvalue weighted by molar-refractivity contribution is 9.10. The van der Waals surface area contributed by atoms with Gasteiger partial charge in [0.1, 0.15) is 5.84 Å². The van der Waals surface area contributed by atoms with Crippen LogP contribution in [0.15, 0.2) is 51.9 Å². The van der Waals surface area contributed by atoms with Gasteiger partial charge in [0.25, 0.3) is 0 Å². The lowest BCUT2D eigenvalue weighted by Crippen LogP contribution is -2.22. The summed E-state index contributed by atoms with van der Waals surface area (Å²) in [6.45, 7) is 3.59. The molecule has 0 unspecified atom stereocenters. The van der Waals surface area contributed by atoms with E-state index in [9.17, 15) is 4.79 Å². The fourth-order valence-corrected chi connectivity index (χ4v) is 2.73. The molecule has 7 nitrogen and oxygen atoms in total. The van der Waals surface area contributed by atoms with Crippen LogP contribution in [0, 0.1) is 6.92 Å². The molecule has 3 N–H and O–H groups in total. The number of carbonyl (C=O) groups excluding carboxylic acids is 1. The van der Waals surface area contributed by atoms with Crippen molar-refractivity contribution in [1.82, 2.24) is 5.32 Å². The molecule has 0 saturated heterocycles. The van der Waals surface area contributed by atoms with E-state index in [4.69, 9.17) is 17.5 Å². The largest absolute Gasteiger partial charge is 0.394 e. The number of benzene rings is 2. The predicted octanol–water partition coefficient (Wildman–Crippen LogP) is 2.69. The average molecular weight is 441 g/mol. The summed E-state index contributed by atoms with van der Waals surface area (Å²) in [5.74, 6) is 0.827. The number of carbonyl (C=O) groups is 1. The zero-order valence-corrected chi connectivity index (χ0v) is 16.2. The van der Waals surface area contributed by atoms with Crippen molar-refractivity contribution in [2.24, 2.45) is 4.99 Å². The molecule has 1 aliphatic rings. The van der Waals surface area contributed by atoms with Gasteiger partial charge in [0, 0.05) is 27.7 Å². The molecule has 2 aromatic carbocycles. The van der Waals surface area contributed by atoms with Crippen molar-refractivity contribution in [2.45, 2.75) is 6.92 Å². The van der Waals surface area contributed by atoms with Crippen molar-refractivity contribution >= 4 is 37.9 Å². The van der Waals surface area contributed by atoms with Crippen LogP contribution in [0.25, 0.3) is 0 Å². The van der Waals surface area contributed by atoms with E-state index >= 15 is 0 Å². The van der Waals surface area contributed by atoms with Gasteiger partial charge in [0.05, 0.1) is 6.54 Å². The second-order valence-corrected chi connectivity index (χ2v) is 7.19. The summed E-state index contributed by atoms with van der Waals surface area (Å²) >= 11 is 3.48. The third-order valence-electron chi connectivity index (χ3n) is 3.53. The third-order valence-corrected chi connectivity index (χ3v) is 4.39. The van der Waals surface area contributed by atoms with Crippen molar-refractivity contribution in [3.05, 3.63) is 69.2 Å². The molecule has 0 amide bonds. The standard InChI is InChI=1S/C17H15BrN2O.H2O4S/c1-11-6-7-12(10-15(11)18)16(21)13-4-2-3-5-14(13)17-19-8-9-20-17;1-5(2,3)4/h2-7,10H,8-9H2,1H3,(H,19,20);(H2,1,2,3,4). The Bertz CT molecular complexity index is 949. The summed E-state index contributed by atoms with van der Waals surface area (Å²) in [7, 11) is -4.67. The van der Waals surface area contributed by atoms with Crippen LogP contribution < -0.4 is 5.32 Å². The Hall–Kier alpha value is -2.07. The Balaban J connectivity index is 0.000000431. The van der Waals surface area contributed by atoms with E-state index in [2.05, 4.69) is 26.2 Å². The molecule has 9 heteroatoms. The van der Waals surface area contributed by atoms with Crippen LogP contribution in [-0.2, 0) is 10.4 Å². The molecule has 0 aromatic heterocycles. The lowest BCUT2D eigenvalue weighted by Gasteiger charge is -2.10. The van der Waals surface area contributed by atoms with Crippen molar-refractivity contribution < 1.29 is 22.3 Å². The summed E-state index contributed by atoms with van der Waals surface area (Å²) in [4.78, 5) is 17.2. The lowest BCUT2D eigenvalue weighted by molar-refractivity contribution is 0.103. The molecule has 26 heavy (non-hydrogen) atoms. The molecule has 0 spiro atoms. The Morgan fingerprint density at radius 2 is 1.85 bits per heavy atom. The first-order valence-electron chi connectivity index (χ1n) is 7.55. The first kappa shape index (κ1) is 20.2. The number of ketones is 1. The molecule has 3 rings (SSSR count). The second kappa shape index (κ2) is 8.54. The SMILES string of the molecule is Cc1ccc(C(=O)c2ccccc2C2=NCCN2)cc1Br.O=S(=O)(O)O. The van der Waals surface area contributed by atoms with Crippen LogP contribution in [-0.4, -0.2) is 42.2 Å². The Morgan fingerprint density at radius 3 is 2.42 bits per heavy atom. The van der Waals surface area contributed by atoms with Crippen LogP contribution >= 0.6 is 15.9 Å². The number of nitrogens with one attached hydrogen (secondary N) is 1. The van der Waals surface area contributed by atoms with E-state index in [1.165, 1.54) is 0 Å². The highest BCUT2D eigenvalue weighted by Crippen LogP contribution is 2.21. The van der Waals surface area contributed by atoms with Gasteiger partial charge in [-0.3, -0.25) is 18.9 Å². The summed E-state index contributed by atoms with van der Waals surface area (Å²) in [5, 5.41) is 3.23. The lowest BCUT2D eigenvalue weighted by atomic mass is 9.97. The van der Waals surface area contributed by atoms with Gasteiger partial charge in [-0.2, -0.15) is 8.42 Å². The first-order valence-corrected chi connectivity index (χ1v) is 9.74. The zero-order valence-electron chi connectivity index (χ0n) is 13.8. The topological polar surface area (TPSA) is 116 Å². The minimum atomic E-state index is -4.67. The predicted molar refractivity (Wildman–Crippen MR) is 102 cm³/mol. The minimum Gasteiger partial charge on any atom is -0.368 e. The number of hydrogen-bond acceptors (Lipinski definition) is 5. The number of aliphatic imine (C=N–C) groups is 1. The summed E-state index contributed by atoms with van der Waals surface area (Å²) in [6, 6.07) is 13.3. The zero-order chi connectivity index (χ0) is 19.3. The maximum atomic E-state index is 12.8. The van der Waals surface area contributed by atoms with E-state index in [-0.39, 0.29) is 5.78 Å². The molecular formula is C17H17BrN2O5S. The van der Waals surface area contributed by atoms with Crippen LogP contribution in [0.5, 0.6) is 0 Å². The molecule has 1 aliphatic heterocycles. The Kier molecular flexibility index (Phi) is 6.65. The van der Waals surface area contributed by atoms with Crippen molar-refractivity contribution in [3.63, 3.8) is 0 Å². The summed E-state index contributed by atoms with van der Waals surface area (Å²) < 4.78 is 32.5. The number of halogens is 1. The van der Waals surface area contributed by atoms with Gasteiger partial charge in [-0.15, -0.1) is 0 Å². The highest BCUT2D eigenvalue weighted by Gasteiger charge is 2.18. The minimum absolute atomic E-state index is 0.0164. The second-order valence-electron chi connectivity index (χ2n) is 5.44. The van der Waals surface area contributed by atoms with E-state index in [0.29, 0.717) is 11.1 Å². The van der Waals surface area contributed by atoms with Crippen LogP contribution in [0.3, 0.4) is 0 Å². The van der Waals surface area contributed by atoms with Gasteiger partial charge < -0.3 is 5.32 Å². The number of amidine groups is 1. The maximum absolute atomic E-state index is 12.8. The van der Waals surface area contributed by atoms with Gasteiger partial charge in [-0.05, 0) is 18.6 Å². The summed E-state index contributed by atoms with van der Waals surface area (Å²) in [6.07, 6.45) is 0. The van der Waals surface area contributed by atoms with E-state index in [1.807, 2.05) is 49.4 Å². The van der Waals surface area contributed by atoms with Crippen molar-refractivity contribution in [1.29, 1.82) is 0 Å². The molecule has 1 heterocycles. The van der Waals surface area contributed by atoms with Crippen LogP contribution in [0.4, 0.5) is 0 Å². The maximum Gasteiger partial charge on any atom is 0.394 e. The fourth-order valence-electron chi connectivity index (χ4n) is 2.36. The number of rotatable bonds is 3. The number of nitrogens with zero attached hydrogens (tertiary/aromatic N) is 1. The molecule has 0 saturated carbocycles. The molecule has 138 valence electrons. The summed E-state index contributed by atoms with van der Waals surface area (Å²) in [5.41, 5.74) is 3.35.